The molecule has 0 radical (unpaired) electrons. The van der Waals surface area contributed by atoms with Gasteiger partial charge in [0, 0.05) is 16.4 Å². The van der Waals surface area contributed by atoms with E-state index in [4.69, 9.17) is 4.74 Å². The molecule has 0 amide bonds. The van der Waals surface area contributed by atoms with Crippen LogP contribution in [0.25, 0.3) is 0 Å². The smallest absolute Gasteiger partial charge is 0.309 e. The first-order chi connectivity index (χ1) is 7.63. The second-order valence-electron chi connectivity index (χ2n) is 5.96. The predicted molar refractivity (Wildman–Crippen MR) is 74.3 cm³/mol. The lowest BCUT2D eigenvalue weighted by Gasteiger charge is -2.35. The minimum Gasteiger partial charge on any atom is -0.460 e. The average Bonchev–Trinajstić information content (AvgIpc) is 2.38. The van der Waals surface area contributed by atoms with Gasteiger partial charge in [-0.3, -0.25) is 4.79 Å². The van der Waals surface area contributed by atoms with Crippen molar-refractivity contribution in [2.24, 2.45) is 5.92 Å². The molecule has 1 aliphatic rings. The van der Waals surface area contributed by atoms with E-state index in [0.29, 0.717) is 6.42 Å². The number of hydrogen-bond acceptors (Lipinski definition) is 4. The molecule has 1 heterocycles. The summed E-state index contributed by atoms with van der Waals surface area (Å²) in [5.74, 6) is -0.272. The molecule has 2 unspecified atom stereocenters. The van der Waals surface area contributed by atoms with E-state index in [2.05, 4.69) is 22.6 Å². The lowest BCUT2D eigenvalue weighted by molar-refractivity contribution is -0.206. The van der Waals surface area contributed by atoms with Gasteiger partial charge in [0.2, 0.25) is 0 Å². The van der Waals surface area contributed by atoms with Crippen LogP contribution in [-0.2, 0) is 9.53 Å². The highest BCUT2D eigenvalue weighted by molar-refractivity contribution is 14.1. The van der Waals surface area contributed by atoms with E-state index >= 15 is 0 Å². The molecule has 0 spiro atoms. The maximum absolute atomic E-state index is 11.8. The Bertz CT molecular complexity index is 304. The van der Waals surface area contributed by atoms with Gasteiger partial charge >= 0.3 is 5.97 Å². The van der Waals surface area contributed by atoms with Crippen molar-refractivity contribution >= 4 is 28.6 Å². The van der Waals surface area contributed by atoms with Crippen LogP contribution >= 0.6 is 22.6 Å². The number of esters is 1. The van der Waals surface area contributed by atoms with Gasteiger partial charge in [0.15, 0.2) is 0 Å². The first-order valence-corrected chi connectivity index (χ1v) is 7.41. The van der Waals surface area contributed by atoms with Crippen LogP contribution < -0.4 is 0 Å². The van der Waals surface area contributed by atoms with Crippen LogP contribution in [0.3, 0.4) is 0 Å². The lowest BCUT2D eigenvalue weighted by Crippen LogP contribution is -2.49. The summed E-state index contributed by atoms with van der Waals surface area (Å²) >= 11 is 2.17. The monoisotopic (exact) mass is 355 g/mol. The molecule has 0 bridgehead atoms. The number of carbonyl (C=O) groups excluding carboxylic acids is 1. The molecule has 5 heteroatoms. The zero-order chi connectivity index (χ0) is 13.4. The first-order valence-electron chi connectivity index (χ1n) is 5.88. The molecule has 0 aliphatic carbocycles. The molecule has 100 valence electrons. The summed E-state index contributed by atoms with van der Waals surface area (Å²) in [6.45, 7) is 9.55. The Kier molecular flexibility index (Phi) is 4.47. The van der Waals surface area contributed by atoms with Gasteiger partial charge in [-0.2, -0.15) is 5.06 Å². The summed E-state index contributed by atoms with van der Waals surface area (Å²) in [4.78, 5) is 11.8. The number of ether oxygens (including phenoxy) is 1. The fourth-order valence-corrected chi connectivity index (χ4v) is 2.57. The Labute approximate surface area is 117 Å². The molecule has 2 atom stereocenters. The lowest BCUT2D eigenvalue weighted by atomic mass is 9.97. The molecule has 0 aromatic rings. The summed E-state index contributed by atoms with van der Waals surface area (Å²) in [6, 6.07) is 0. The van der Waals surface area contributed by atoms with Crippen molar-refractivity contribution in [2.45, 2.75) is 58.2 Å². The normalized spacial score (nSPS) is 29.0. The Balaban J connectivity index is 2.77. The van der Waals surface area contributed by atoms with Gasteiger partial charge in [0.05, 0.1) is 11.5 Å². The van der Waals surface area contributed by atoms with Crippen molar-refractivity contribution in [3.63, 3.8) is 0 Å². The molecule has 1 aliphatic heterocycles. The van der Waals surface area contributed by atoms with E-state index < -0.39 is 5.54 Å². The highest BCUT2D eigenvalue weighted by atomic mass is 127. The van der Waals surface area contributed by atoms with Crippen LogP contribution in [0.2, 0.25) is 0 Å². The molecule has 1 N–H and O–H groups in total. The Hall–Kier alpha value is 0.120. The van der Waals surface area contributed by atoms with Crippen molar-refractivity contribution in [3.8, 4) is 0 Å². The van der Waals surface area contributed by atoms with Crippen molar-refractivity contribution in [2.75, 3.05) is 4.43 Å². The van der Waals surface area contributed by atoms with Gasteiger partial charge in [-0.15, -0.1) is 0 Å². The van der Waals surface area contributed by atoms with Crippen molar-refractivity contribution in [1.82, 2.24) is 5.06 Å². The average molecular weight is 355 g/mol. The van der Waals surface area contributed by atoms with Crippen LogP contribution in [0.5, 0.6) is 0 Å². The summed E-state index contributed by atoms with van der Waals surface area (Å²) in [5, 5.41) is 11.4. The quantitative estimate of drug-likeness (QED) is 0.480. The Morgan fingerprint density at radius 1 is 1.53 bits per heavy atom. The largest absolute Gasteiger partial charge is 0.460 e. The zero-order valence-corrected chi connectivity index (χ0v) is 13.3. The van der Waals surface area contributed by atoms with E-state index in [1.807, 2.05) is 34.6 Å². The van der Waals surface area contributed by atoms with E-state index in [1.54, 1.807) is 0 Å². The van der Waals surface area contributed by atoms with Gasteiger partial charge in [-0.05, 0) is 27.7 Å². The number of nitrogens with zero attached hydrogens (tertiary/aromatic N) is 1. The summed E-state index contributed by atoms with van der Waals surface area (Å²) in [7, 11) is 0. The fraction of sp³-hybridized carbons (Fsp3) is 0.917. The molecule has 0 saturated carbocycles. The maximum atomic E-state index is 11.8. The molecule has 0 aromatic carbocycles. The third-order valence-electron chi connectivity index (χ3n) is 3.48. The molecule has 4 nitrogen and oxygen atoms in total. The minimum atomic E-state index is -0.538. The number of carbonyl (C=O) groups is 1. The topological polar surface area (TPSA) is 49.8 Å². The summed E-state index contributed by atoms with van der Waals surface area (Å²) < 4.78 is 6.29. The first kappa shape index (κ1) is 15.2. The number of rotatable bonds is 3. The number of halogens is 1. The standard InChI is InChI=1S/C12H22INO3/c1-8(7-13)10(15)17-9-6-11(2,3)14(16)12(9,4)5/h8-9,16H,6-7H2,1-5H3. The number of hydroxylamine groups is 2. The maximum Gasteiger partial charge on any atom is 0.309 e. The second kappa shape index (κ2) is 5.01. The van der Waals surface area contributed by atoms with Crippen molar-refractivity contribution in [3.05, 3.63) is 0 Å². The molecule has 1 fully saturated rings. The molecule has 17 heavy (non-hydrogen) atoms. The van der Waals surface area contributed by atoms with Crippen molar-refractivity contribution in [1.29, 1.82) is 0 Å². The molecule has 1 rings (SSSR count). The molecule has 1 saturated heterocycles. The van der Waals surface area contributed by atoms with Crippen LogP contribution in [0.1, 0.15) is 41.0 Å². The Morgan fingerprint density at radius 3 is 2.41 bits per heavy atom. The third kappa shape index (κ3) is 2.93. The third-order valence-corrected chi connectivity index (χ3v) is 4.81. The minimum absolute atomic E-state index is 0.0951. The fourth-order valence-electron chi connectivity index (χ4n) is 2.21. The highest BCUT2D eigenvalue weighted by Gasteiger charge is 2.53. The van der Waals surface area contributed by atoms with Gasteiger partial charge in [0.25, 0.3) is 0 Å². The Morgan fingerprint density at radius 2 is 2.06 bits per heavy atom. The SMILES string of the molecule is CC(CI)C(=O)OC1CC(C)(C)N(O)C1(C)C. The van der Waals surface area contributed by atoms with E-state index in [-0.39, 0.29) is 23.5 Å². The van der Waals surface area contributed by atoms with Crippen LogP contribution in [0.15, 0.2) is 0 Å². The highest BCUT2D eigenvalue weighted by Crippen LogP contribution is 2.40. The summed E-state index contributed by atoms with van der Waals surface area (Å²) in [5.41, 5.74) is -0.897. The van der Waals surface area contributed by atoms with Crippen LogP contribution in [-0.4, -0.2) is 37.8 Å². The van der Waals surface area contributed by atoms with E-state index in [1.165, 1.54) is 5.06 Å². The van der Waals surface area contributed by atoms with Gasteiger partial charge in [0.1, 0.15) is 6.10 Å². The van der Waals surface area contributed by atoms with Crippen molar-refractivity contribution < 1.29 is 14.7 Å². The molecular formula is C12H22INO3. The predicted octanol–water partition coefficient (Wildman–Crippen LogP) is 2.62. The van der Waals surface area contributed by atoms with Gasteiger partial charge in [-0.1, -0.05) is 29.5 Å². The van der Waals surface area contributed by atoms with Gasteiger partial charge < -0.3 is 9.94 Å². The van der Waals surface area contributed by atoms with Crippen LogP contribution in [0, 0.1) is 5.92 Å². The molecule has 0 aromatic heterocycles. The zero-order valence-electron chi connectivity index (χ0n) is 11.2. The van der Waals surface area contributed by atoms with E-state index in [9.17, 15) is 10.0 Å². The number of hydrogen-bond donors (Lipinski definition) is 1. The van der Waals surface area contributed by atoms with Gasteiger partial charge in [-0.25, -0.2) is 0 Å². The number of alkyl halides is 1. The molecular weight excluding hydrogens is 333 g/mol. The second-order valence-corrected chi connectivity index (χ2v) is 6.84. The van der Waals surface area contributed by atoms with E-state index in [0.717, 1.165) is 4.43 Å². The summed E-state index contributed by atoms with van der Waals surface area (Å²) in [6.07, 6.45) is 0.385. The van der Waals surface area contributed by atoms with Crippen LogP contribution in [0.4, 0.5) is 0 Å².